The summed E-state index contributed by atoms with van der Waals surface area (Å²) < 4.78 is 2.10. The van der Waals surface area contributed by atoms with Crippen molar-refractivity contribution in [3.63, 3.8) is 0 Å². The molecular weight excluding hydrogens is 418 g/mol. The van der Waals surface area contributed by atoms with Gasteiger partial charge in [-0.1, -0.05) is 60.3 Å². The molecule has 3 aromatic rings. The van der Waals surface area contributed by atoms with Gasteiger partial charge in [-0.25, -0.2) is 0 Å². The summed E-state index contributed by atoms with van der Waals surface area (Å²) in [7, 11) is 0. The number of nitrogens with one attached hydrogen (secondary N) is 1. The largest absolute Gasteiger partial charge is 0.348 e. The van der Waals surface area contributed by atoms with Crippen LogP contribution in [0.2, 0.25) is 0 Å². The molecule has 6 nitrogen and oxygen atoms in total. The summed E-state index contributed by atoms with van der Waals surface area (Å²) in [6.07, 6.45) is 5.97. The first-order valence-corrected chi connectivity index (χ1v) is 12.5. The van der Waals surface area contributed by atoms with Crippen molar-refractivity contribution in [3.05, 3.63) is 66.2 Å². The highest BCUT2D eigenvalue weighted by Gasteiger charge is 2.33. The van der Waals surface area contributed by atoms with Gasteiger partial charge in [0.1, 0.15) is 0 Å². The Morgan fingerprint density at radius 1 is 0.969 bits per heavy atom. The van der Waals surface area contributed by atoms with E-state index in [9.17, 15) is 4.79 Å². The third-order valence-corrected chi connectivity index (χ3v) is 7.10. The number of piperidine rings is 1. The third kappa shape index (κ3) is 4.83. The van der Waals surface area contributed by atoms with Crippen LogP contribution in [-0.4, -0.2) is 39.5 Å². The number of hydrogen-bond acceptors (Lipinski definition) is 5. The van der Waals surface area contributed by atoms with Gasteiger partial charge in [-0.05, 0) is 55.7 Å². The Balaban J connectivity index is 1.31. The summed E-state index contributed by atoms with van der Waals surface area (Å²) in [6, 6.07) is 20.6. The van der Waals surface area contributed by atoms with E-state index in [0.717, 1.165) is 29.9 Å². The van der Waals surface area contributed by atoms with Crippen molar-refractivity contribution in [2.45, 2.75) is 43.3 Å². The van der Waals surface area contributed by atoms with Crippen molar-refractivity contribution in [1.82, 2.24) is 20.1 Å². The number of carbonyl (C=O) groups is 1. The molecule has 1 aromatic heterocycles. The molecule has 2 aliphatic rings. The average Bonchev–Trinajstić information content (AvgIpc) is 3.61. The zero-order valence-electron chi connectivity index (χ0n) is 18.2. The van der Waals surface area contributed by atoms with E-state index in [1.807, 2.05) is 36.4 Å². The minimum atomic E-state index is 0.0397. The predicted molar refractivity (Wildman–Crippen MR) is 128 cm³/mol. The number of thioether (sulfide) groups is 1. The van der Waals surface area contributed by atoms with Gasteiger partial charge >= 0.3 is 0 Å². The summed E-state index contributed by atoms with van der Waals surface area (Å²) in [5.74, 6) is 1.78. The smallest absolute Gasteiger partial charge is 0.232 e. The molecule has 1 N–H and O–H groups in total. The lowest BCUT2D eigenvalue weighted by molar-refractivity contribution is -0.119. The third-order valence-electron chi connectivity index (χ3n) is 6.17. The molecule has 0 spiro atoms. The van der Waals surface area contributed by atoms with E-state index in [1.165, 1.54) is 49.4 Å². The van der Waals surface area contributed by atoms with E-state index in [2.05, 4.69) is 49.2 Å². The minimum absolute atomic E-state index is 0.0397. The van der Waals surface area contributed by atoms with E-state index in [0.29, 0.717) is 11.7 Å². The van der Waals surface area contributed by atoms with E-state index in [4.69, 9.17) is 0 Å². The van der Waals surface area contributed by atoms with Gasteiger partial charge < -0.3 is 10.2 Å². The summed E-state index contributed by atoms with van der Waals surface area (Å²) in [5.41, 5.74) is 2.22. The number of amides is 1. The second-order valence-corrected chi connectivity index (χ2v) is 9.53. The number of carbonyl (C=O) groups excluding carboxylic acids is 1. The van der Waals surface area contributed by atoms with Gasteiger partial charge in [-0.15, -0.1) is 10.2 Å². The van der Waals surface area contributed by atoms with E-state index in [-0.39, 0.29) is 11.9 Å². The number of benzene rings is 2. The van der Waals surface area contributed by atoms with Gasteiger partial charge in [0.15, 0.2) is 5.16 Å². The summed E-state index contributed by atoms with van der Waals surface area (Å²) in [5, 5.41) is 13.0. The normalized spacial score (nSPS) is 17.2. The molecule has 1 aliphatic carbocycles. The van der Waals surface area contributed by atoms with Crippen LogP contribution in [-0.2, 0) is 4.79 Å². The van der Waals surface area contributed by atoms with Crippen molar-refractivity contribution >= 4 is 23.6 Å². The maximum absolute atomic E-state index is 12.9. The van der Waals surface area contributed by atoms with E-state index < -0.39 is 0 Å². The number of hydrogen-bond donors (Lipinski definition) is 1. The van der Waals surface area contributed by atoms with Gasteiger partial charge in [0.05, 0.1) is 17.5 Å². The molecule has 0 bridgehead atoms. The first kappa shape index (κ1) is 21.1. The van der Waals surface area contributed by atoms with Crippen LogP contribution >= 0.6 is 11.8 Å². The predicted octanol–water partition coefficient (Wildman–Crippen LogP) is 4.62. The lowest BCUT2D eigenvalue weighted by Gasteiger charge is -2.27. The van der Waals surface area contributed by atoms with Crippen LogP contribution in [0.15, 0.2) is 65.8 Å². The zero-order chi connectivity index (χ0) is 21.8. The van der Waals surface area contributed by atoms with Crippen molar-refractivity contribution in [2.75, 3.05) is 23.7 Å². The molecule has 2 heterocycles. The van der Waals surface area contributed by atoms with E-state index in [1.54, 1.807) is 0 Å². The molecule has 5 rings (SSSR count). The molecule has 1 aliphatic heterocycles. The zero-order valence-corrected chi connectivity index (χ0v) is 19.0. The molecule has 2 aromatic carbocycles. The number of anilines is 1. The van der Waals surface area contributed by atoms with Crippen molar-refractivity contribution in [1.29, 1.82) is 0 Å². The van der Waals surface area contributed by atoms with Gasteiger partial charge in [0.2, 0.25) is 11.9 Å². The average molecular weight is 448 g/mol. The molecule has 1 unspecified atom stereocenters. The minimum Gasteiger partial charge on any atom is -0.348 e. The summed E-state index contributed by atoms with van der Waals surface area (Å²) >= 11 is 1.45. The SMILES string of the molecule is O=C(CSc1nnc(N2CCCCC2)n1-c1ccccc1)NC(c1ccccc1)C1CC1. The topological polar surface area (TPSA) is 63.1 Å². The molecule has 32 heavy (non-hydrogen) atoms. The van der Waals surface area contributed by atoms with E-state index >= 15 is 0 Å². The molecule has 1 atom stereocenters. The van der Waals surface area contributed by atoms with Crippen LogP contribution < -0.4 is 10.2 Å². The number of rotatable bonds is 8. The standard InChI is InChI=1S/C25H29N5OS/c31-22(26-23(20-14-15-20)19-10-4-1-5-11-19)18-32-25-28-27-24(29-16-8-3-9-17-29)30(25)21-12-6-2-7-13-21/h1-2,4-7,10-13,20,23H,3,8-9,14-18H2,(H,26,31). The Bertz CT molecular complexity index is 1030. The second-order valence-electron chi connectivity index (χ2n) is 8.58. The van der Waals surface area contributed by atoms with Gasteiger partial charge in [0.25, 0.3) is 0 Å². The fraction of sp³-hybridized carbons (Fsp3) is 0.400. The molecule has 1 saturated carbocycles. The lowest BCUT2D eigenvalue weighted by Crippen LogP contribution is -2.32. The quantitative estimate of drug-likeness (QED) is 0.511. The first-order chi connectivity index (χ1) is 15.8. The molecular formula is C25H29N5OS. The van der Waals surface area contributed by atoms with Crippen LogP contribution in [0.4, 0.5) is 5.95 Å². The number of aromatic nitrogens is 3. The maximum atomic E-state index is 12.9. The molecule has 7 heteroatoms. The summed E-state index contributed by atoms with van der Waals surface area (Å²) in [6.45, 7) is 1.99. The Hall–Kier alpha value is -2.80. The first-order valence-electron chi connectivity index (χ1n) is 11.5. The highest BCUT2D eigenvalue weighted by molar-refractivity contribution is 7.99. The Kier molecular flexibility index (Phi) is 6.44. The fourth-order valence-corrected chi connectivity index (χ4v) is 5.12. The highest BCUT2D eigenvalue weighted by atomic mass is 32.2. The number of nitrogens with zero attached hydrogens (tertiary/aromatic N) is 4. The van der Waals surface area contributed by atoms with Crippen LogP contribution in [0, 0.1) is 5.92 Å². The molecule has 1 saturated heterocycles. The maximum Gasteiger partial charge on any atom is 0.232 e. The molecule has 2 fully saturated rings. The monoisotopic (exact) mass is 447 g/mol. The van der Waals surface area contributed by atoms with Gasteiger partial charge in [-0.3, -0.25) is 9.36 Å². The number of para-hydroxylation sites is 1. The van der Waals surface area contributed by atoms with Crippen molar-refractivity contribution < 1.29 is 4.79 Å². The summed E-state index contributed by atoms with van der Waals surface area (Å²) in [4.78, 5) is 15.2. The van der Waals surface area contributed by atoms with Crippen molar-refractivity contribution in [2.24, 2.45) is 5.92 Å². The van der Waals surface area contributed by atoms with Gasteiger partial charge in [0, 0.05) is 13.1 Å². The fourth-order valence-electron chi connectivity index (χ4n) is 4.37. The molecule has 166 valence electrons. The highest BCUT2D eigenvalue weighted by Crippen LogP contribution is 2.41. The Morgan fingerprint density at radius 2 is 1.66 bits per heavy atom. The molecule has 1 amide bonds. The Labute approximate surface area is 193 Å². The van der Waals surface area contributed by atoms with Crippen LogP contribution in [0.5, 0.6) is 0 Å². The second kappa shape index (κ2) is 9.77. The van der Waals surface area contributed by atoms with Crippen LogP contribution in [0.3, 0.4) is 0 Å². The molecule has 0 radical (unpaired) electrons. The lowest BCUT2D eigenvalue weighted by atomic mass is 10.0. The van der Waals surface area contributed by atoms with Crippen molar-refractivity contribution in [3.8, 4) is 5.69 Å². The van der Waals surface area contributed by atoms with Crippen LogP contribution in [0.1, 0.15) is 43.7 Å². The van der Waals surface area contributed by atoms with Gasteiger partial charge in [-0.2, -0.15) is 0 Å². The van der Waals surface area contributed by atoms with Crippen LogP contribution in [0.25, 0.3) is 5.69 Å². The Morgan fingerprint density at radius 3 is 2.34 bits per heavy atom.